The third kappa shape index (κ3) is 4.07. The van der Waals surface area contributed by atoms with E-state index in [1.54, 1.807) is 19.1 Å². The lowest BCUT2D eigenvalue weighted by molar-refractivity contribution is -0.133. The number of hydrogen-bond acceptors (Lipinski definition) is 7. The highest BCUT2D eigenvalue weighted by Crippen LogP contribution is 2.22. The predicted octanol–water partition coefficient (Wildman–Crippen LogP) is -0.590. The number of carboxylic acids is 1. The van der Waals surface area contributed by atoms with Crippen LogP contribution in [0.5, 0.6) is 5.75 Å². The molecule has 1 aliphatic rings. The van der Waals surface area contributed by atoms with Gasteiger partial charge in [-0.3, -0.25) is 10.2 Å². The Morgan fingerprint density at radius 2 is 1.75 bits per heavy atom. The molecular weight excluding hydrogens is 314 g/mol. The zero-order valence-corrected chi connectivity index (χ0v) is 13.4. The Morgan fingerprint density at radius 1 is 1.17 bits per heavy atom. The largest absolute Gasteiger partial charge is 0.476 e. The van der Waals surface area contributed by atoms with Gasteiger partial charge in [-0.05, 0) is 24.3 Å². The molecule has 0 saturated carbocycles. The number of benzene rings is 1. The van der Waals surface area contributed by atoms with Crippen LogP contribution in [0, 0.1) is 0 Å². The molecule has 1 amide bonds. The zero-order valence-electron chi connectivity index (χ0n) is 13.4. The van der Waals surface area contributed by atoms with Gasteiger partial charge >= 0.3 is 5.97 Å². The van der Waals surface area contributed by atoms with Crippen molar-refractivity contribution in [1.29, 1.82) is 0 Å². The molecular formula is C15H21N5O4. The smallest absolute Gasteiger partial charge is 0.357 e. The fourth-order valence-electron chi connectivity index (χ4n) is 2.38. The van der Waals surface area contributed by atoms with E-state index in [2.05, 4.69) is 10.3 Å². The first-order valence-corrected chi connectivity index (χ1v) is 7.40. The van der Waals surface area contributed by atoms with E-state index in [0.717, 1.165) is 18.8 Å². The molecule has 0 aliphatic carbocycles. The summed E-state index contributed by atoms with van der Waals surface area (Å²) in [4.78, 5) is 26.1. The van der Waals surface area contributed by atoms with Crippen molar-refractivity contribution in [3.05, 3.63) is 35.8 Å². The molecule has 0 aromatic heterocycles. The van der Waals surface area contributed by atoms with E-state index in [1.807, 2.05) is 17.0 Å². The van der Waals surface area contributed by atoms with E-state index in [9.17, 15) is 9.59 Å². The lowest BCUT2D eigenvalue weighted by Crippen LogP contribution is -2.48. The van der Waals surface area contributed by atoms with Crippen LogP contribution < -0.4 is 26.6 Å². The van der Waals surface area contributed by atoms with Gasteiger partial charge < -0.3 is 25.4 Å². The molecule has 1 aromatic carbocycles. The van der Waals surface area contributed by atoms with Gasteiger partial charge in [0.1, 0.15) is 5.75 Å². The number of nitrogens with zero attached hydrogens (tertiary/aromatic N) is 2. The molecule has 9 nitrogen and oxygen atoms in total. The Kier molecular flexibility index (Phi) is 5.48. The molecule has 130 valence electrons. The summed E-state index contributed by atoms with van der Waals surface area (Å²) in [5.74, 6) is 4.15. The number of carboxylic acid groups (broad SMARTS) is 1. The van der Waals surface area contributed by atoms with Gasteiger partial charge in [0.25, 0.3) is 0 Å². The minimum absolute atomic E-state index is 0.0861. The third-order valence-corrected chi connectivity index (χ3v) is 3.75. The third-order valence-electron chi connectivity index (χ3n) is 3.75. The molecule has 2 rings (SSSR count). The fourth-order valence-corrected chi connectivity index (χ4v) is 2.38. The van der Waals surface area contributed by atoms with Crippen molar-refractivity contribution in [3.63, 3.8) is 0 Å². The van der Waals surface area contributed by atoms with Gasteiger partial charge in [-0.15, -0.1) is 0 Å². The van der Waals surface area contributed by atoms with Gasteiger partial charge in [-0.2, -0.15) is 0 Å². The molecule has 0 unspecified atom stereocenters. The number of piperazine rings is 1. The normalized spacial score (nSPS) is 15.6. The van der Waals surface area contributed by atoms with E-state index in [1.165, 1.54) is 0 Å². The summed E-state index contributed by atoms with van der Waals surface area (Å²) >= 11 is 0. The first-order valence-electron chi connectivity index (χ1n) is 7.40. The minimum Gasteiger partial charge on any atom is -0.476 e. The van der Waals surface area contributed by atoms with Crippen LogP contribution in [0.25, 0.3) is 0 Å². The summed E-state index contributed by atoms with van der Waals surface area (Å²) in [6.07, 6.45) is 0. The average Bonchev–Trinajstić information content (AvgIpc) is 2.59. The van der Waals surface area contributed by atoms with Crippen molar-refractivity contribution < 1.29 is 19.4 Å². The van der Waals surface area contributed by atoms with Gasteiger partial charge in [0.15, 0.2) is 5.70 Å². The summed E-state index contributed by atoms with van der Waals surface area (Å²) in [5, 5.41) is 8.84. The van der Waals surface area contributed by atoms with Gasteiger partial charge in [-0.25, -0.2) is 10.6 Å². The van der Waals surface area contributed by atoms with Crippen molar-refractivity contribution in [2.24, 2.45) is 11.6 Å². The van der Waals surface area contributed by atoms with E-state index in [4.69, 9.17) is 21.4 Å². The maximum atomic E-state index is 11.3. The number of amides is 1. The van der Waals surface area contributed by atoms with Crippen molar-refractivity contribution in [2.45, 2.75) is 6.92 Å². The number of nitrogens with two attached hydrogens (primary N) is 2. The van der Waals surface area contributed by atoms with E-state index >= 15 is 0 Å². The van der Waals surface area contributed by atoms with E-state index in [-0.39, 0.29) is 11.8 Å². The summed E-state index contributed by atoms with van der Waals surface area (Å²) in [7, 11) is 0. The second kappa shape index (κ2) is 7.55. The molecule has 1 aromatic rings. The highest BCUT2D eigenvalue weighted by molar-refractivity contribution is 5.85. The van der Waals surface area contributed by atoms with Crippen LogP contribution in [0.4, 0.5) is 5.69 Å². The van der Waals surface area contributed by atoms with Crippen LogP contribution in [-0.2, 0) is 9.59 Å². The predicted molar refractivity (Wildman–Crippen MR) is 87.7 cm³/mol. The molecule has 0 spiro atoms. The zero-order chi connectivity index (χ0) is 17.7. The number of carbonyl (C=O) groups is 2. The molecule has 0 bridgehead atoms. The number of carbonyl (C=O) groups excluding carboxylic acids is 1. The van der Waals surface area contributed by atoms with Gasteiger partial charge in [0, 0.05) is 38.8 Å². The molecule has 0 radical (unpaired) electrons. The van der Waals surface area contributed by atoms with E-state index < -0.39 is 11.7 Å². The van der Waals surface area contributed by atoms with E-state index in [0.29, 0.717) is 18.8 Å². The lowest BCUT2D eigenvalue weighted by Gasteiger charge is -2.35. The summed E-state index contributed by atoms with van der Waals surface area (Å²) in [6, 6.07) is 7.09. The highest BCUT2D eigenvalue weighted by atomic mass is 16.5. The molecule has 1 fully saturated rings. The maximum absolute atomic E-state index is 11.3. The SMILES string of the molecule is CC(=O)N1CCN(c2ccc(O/C(NN)=C(/N)C(=O)O)cc2)CC1. The highest BCUT2D eigenvalue weighted by Gasteiger charge is 2.19. The van der Waals surface area contributed by atoms with Crippen molar-refractivity contribution in [3.8, 4) is 5.75 Å². The maximum Gasteiger partial charge on any atom is 0.357 e. The van der Waals surface area contributed by atoms with Crippen molar-refractivity contribution >= 4 is 17.6 Å². The molecule has 9 heteroatoms. The Labute approximate surface area is 139 Å². The Bertz CT molecular complexity index is 636. The van der Waals surface area contributed by atoms with Gasteiger partial charge in [0.2, 0.25) is 11.8 Å². The summed E-state index contributed by atoms with van der Waals surface area (Å²) < 4.78 is 5.34. The number of ether oxygens (including phenoxy) is 1. The molecule has 1 saturated heterocycles. The number of hydrazine groups is 1. The standard InChI is InChI=1S/C15H21N5O4/c1-10(21)19-6-8-20(9-7-19)11-2-4-12(5-3-11)24-14(18-17)13(16)15(22)23/h2-5,18H,6-9,16-17H2,1H3,(H,22,23)/b14-13+. The monoisotopic (exact) mass is 335 g/mol. The number of hydrogen-bond donors (Lipinski definition) is 4. The van der Waals surface area contributed by atoms with Crippen LogP contribution in [0.1, 0.15) is 6.92 Å². The quantitative estimate of drug-likeness (QED) is 0.243. The van der Waals surface area contributed by atoms with Crippen molar-refractivity contribution in [1.82, 2.24) is 10.3 Å². The number of nitrogens with one attached hydrogen (secondary N) is 1. The molecule has 1 heterocycles. The molecule has 24 heavy (non-hydrogen) atoms. The van der Waals surface area contributed by atoms with Crippen LogP contribution in [0.15, 0.2) is 35.8 Å². The Balaban J connectivity index is 2.02. The molecule has 6 N–H and O–H groups in total. The molecule has 0 atom stereocenters. The van der Waals surface area contributed by atoms with Crippen LogP contribution in [0.3, 0.4) is 0 Å². The van der Waals surface area contributed by atoms with Crippen LogP contribution in [-0.4, -0.2) is 48.1 Å². The summed E-state index contributed by atoms with van der Waals surface area (Å²) in [5.41, 5.74) is 7.98. The van der Waals surface area contributed by atoms with Crippen molar-refractivity contribution in [2.75, 3.05) is 31.1 Å². The Morgan fingerprint density at radius 3 is 2.21 bits per heavy atom. The first-order chi connectivity index (χ1) is 11.4. The van der Waals surface area contributed by atoms with Crippen LogP contribution in [0.2, 0.25) is 0 Å². The fraction of sp³-hybridized carbons (Fsp3) is 0.333. The van der Waals surface area contributed by atoms with Gasteiger partial charge in [-0.1, -0.05) is 0 Å². The minimum atomic E-state index is -1.33. The number of anilines is 1. The second-order valence-corrected chi connectivity index (χ2v) is 5.28. The van der Waals surface area contributed by atoms with Crippen LogP contribution >= 0.6 is 0 Å². The Hall–Kier alpha value is -2.94. The molecule has 1 aliphatic heterocycles. The average molecular weight is 335 g/mol. The van der Waals surface area contributed by atoms with Gasteiger partial charge in [0.05, 0.1) is 0 Å². The number of rotatable bonds is 5. The first kappa shape index (κ1) is 17.4. The number of aliphatic carboxylic acids is 1. The lowest BCUT2D eigenvalue weighted by atomic mass is 10.2. The summed E-state index contributed by atoms with van der Waals surface area (Å²) in [6.45, 7) is 4.45. The second-order valence-electron chi connectivity index (χ2n) is 5.28. The topological polar surface area (TPSA) is 134 Å².